The lowest BCUT2D eigenvalue weighted by atomic mass is 10.1. The fourth-order valence-electron chi connectivity index (χ4n) is 1.28. The van der Waals surface area contributed by atoms with Gasteiger partial charge in [-0.15, -0.1) is 0 Å². The van der Waals surface area contributed by atoms with Gasteiger partial charge in [-0.1, -0.05) is 19.3 Å². The molecule has 1 amide bonds. The van der Waals surface area contributed by atoms with Crippen LogP contribution in [0.15, 0.2) is 0 Å². The topological polar surface area (TPSA) is 29.1 Å². The molecular formula is C8H15NOS. The van der Waals surface area contributed by atoms with E-state index in [1.54, 1.807) is 0 Å². The second-order valence-corrected chi connectivity index (χ2v) is 3.63. The van der Waals surface area contributed by atoms with Crippen molar-refractivity contribution < 1.29 is 4.79 Å². The van der Waals surface area contributed by atoms with Crippen LogP contribution in [-0.4, -0.2) is 17.7 Å². The average molecular weight is 173 g/mol. The maximum Gasteiger partial charge on any atom is 0.232 e. The maximum absolute atomic E-state index is 11.1. The van der Waals surface area contributed by atoms with Crippen molar-refractivity contribution in [2.75, 3.05) is 6.54 Å². The SMILES string of the molecule is O=C1NCCCCCC[C@H]1S. The maximum atomic E-state index is 11.1. The summed E-state index contributed by atoms with van der Waals surface area (Å²) >= 11 is 4.21. The molecule has 1 rings (SSSR count). The summed E-state index contributed by atoms with van der Waals surface area (Å²) in [7, 11) is 0. The van der Waals surface area contributed by atoms with Crippen LogP contribution in [0.4, 0.5) is 0 Å². The molecular weight excluding hydrogens is 158 g/mol. The van der Waals surface area contributed by atoms with Gasteiger partial charge in [0.15, 0.2) is 0 Å². The molecule has 0 saturated carbocycles. The Morgan fingerprint density at radius 2 is 2.00 bits per heavy atom. The van der Waals surface area contributed by atoms with E-state index in [0.29, 0.717) is 0 Å². The van der Waals surface area contributed by atoms with E-state index < -0.39 is 0 Å². The fraction of sp³-hybridized carbons (Fsp3) is 0.875. The van der Waals surface area contributed by atoms with Gasteiger partial charge in [0.05, 0.1) is 5.25 Å². The number of hydrogen-bond acceptors (Lipinski definition) is 2. The molecule has 0 aliphatic carbocycles. The number of carbonyl (C=O) groups is 1. The lowest BCUT2D eigenvalue weighted by Gasteiger charge is -2.07. The van der Waals surface area contributed by atoms with Crippen molar-refractivity contribution in [2.45, 2.75) is 37.4 Å². The van der Waals surface area contributed by atoms with E-state index in [0.717, 1.165) is 25.8 Å². The molecule has 1 aliphatic rings. The van der Waals surface area contributed by atoms with Crippen molar-refractivity contribution in [2.24, 2.45) is 0 Å². The smallest absolute Gasteiger partial charge is 0.232 e. The Morgan fingerprint density at radius 3 is 2.82 bits per heavy atom. The standard InChI is InChI=1S/C8H15NOS/c10-8-7(11)5-3-1-2-4-6-9-8/h7,11H,1-6H2,(H,9,10)/t7-/m1/s1. The number of nitrogens with one attached hydrogen (secondary N) is 1. The van der Waals surface area contributed by atoms with Gasteiger partial charge in [-0.25, -0.2) is 0 Å². The largest absolute Gasteiger partial charge is 0.355 e. The Bertz CT molecular complexity index is 138. The van der Waals surface area contributed by atoms with Crippen molar-refractivity contribution in [3.05, 3.63) is 0 Å². The third-order valence-corrected chi connectivity index (χ3v) is 2.50. The van der Waals surface area contributed by atoms with Crippen LogP contribution < -0.4 is 5.32 Å². The molecule has 1 heterocycles. The highest BCUT2D eigenvalue weighted by Gasteiger charge is 2.13. The summed E-state index contributed by atoms with van der Waals surface area (Å²) in [6.07, 6.45) is 5.66. The Morgan fingerprint density at radius 1 is 1.27 bits per heavy atom. The minimum absolute atomic E-state index is 0.0758. The normalized spacial score (nSPS) is 28.1. The first-order chi connectivity index (χ1) is 5.30. The minimum Gasteiger partial charge on any atom is -0.355 e. The molecule has 1 saturated heterocycles. The van der Waals surface area contributed by atoms with E-state index in [1.807, 2.05) is 0 Å². The Kier molecular flexibility index (Phi) is 3.77. The van der Waals surface area contributed by atoms with E-state index in [9.17, 15) is 4.79 Å². The van der Waals surface area contributed by atoms with E-state index in [2.05, 4.69) is 17.9 Å². The molecule has 0 bridgehead atoms. The van der Waals surface area contributed by atoms with Gasteiger partial charge < -0.3 is 5.32 Å². The van der Waals surface area contributed by atoms with Crippen LogP contribution in [0.25, 0.3) is 0 Å². The Hall–Kier alpha value is -0.180. The summed E-state index contributed by atoms with van der Waals surface area (Å²) in [6, 6.07) is 0. The molecule has 3 heteroatoms. The monoisotopic (exact) mass is 173 g/mol. The van der Waals surface area contributed by atoms with Crippen molar-refractivity contribution >= 4 is 18.5 Å². The number of hydrogen-bond donors (Lipinski definition) is 2. The molecule has 1 aliphatic heterocycles. The summed E-state index contributed by atoms with van der Waals surface area (Å²) in [5, 5.41) is 2.78. The Labute approximate surface area is 73.2 Å². The van der Waals surface area contributed by atoms with Gasteiger partial charge >= 0.3 is 0 Å². The van der Waals surface area contributed by atoms with E-state index in [1.165, 1.54) is 12.8 Å². The molecule has 1 fully saturated rings. The predicted octanol–water partition coefficient (Wildman–Crippen LogP) is 1.37. The third kappa shape index (κ3) is 3.14. The highest BCUT2D eigenvalue weighted by Crippen LogP contribution is 2.11. The third-order valence-electron chi connectivity index (χ3n) is 2.01. The van der Waals surface area contributed by atoms with Crippen LogP contribution in [0.5, 0.6) is 0 Å². The quantitative estimate of drug-likeness (QED) is 0.532. The zero-order valence-electron chi connectivity index (χ0n) is 6.68. The molecule has 0 unspecified atom stereocenters. The van der Waals surface area contributed by atoms with Crippen LogP contribution in [0.1, 0.15) is 32.1 Å². The average Bonchev–Trinajstić information content (AvgIpc) is 2.07. The summed E-state index contributed by atoms with van der Waals surface area (Å²) in [6.45, 7) is 0.829. The zero-order chi connectivity index (χ0) is 8.10. The van der Waals surface area contributed by atoms with E-state index >= 15 is 0 Å². The number of rotatable bonds is 0. The highest BCUT2D eigenvalue weighted by molar-refractivity contribution is 7.81. The van der Waals surface area contributed by atoms with Crippen LogP contribution in [0, 0.1) is 0 Å². The first-order valence-electron chi connectivity index (χ1n) is 4.26. The molecule has 0 aromatic rings. The summed E-state index contributed by atoms with van der Waals surface area (Å²) < 4.78 is 0. The first-order valence-corrected chi connectivity index (χ1v) is 4.78. The molecule has 64 valence electrons. The number of carbonyl (C=O) groups excluding carboxylic acids is 1. The van der Waals surface area contributed by atoms with Crippen LogP contribution in [0.3, 0.4) is 0 Å². The highest BCUT2D eigenvalue weighted by atomic mass is 32.1. The van der Waals surface area contributed by atoms with Gasteiger partial charge in [0.2, 0.25) is 5.91 Å². The fourth-order valence-corrected chi connectivity index (χ4v) is 1.55. The van der Waals surface area contributed by atoms with Crippen LogP contribution in [0.2, 0.25) is 0 Å². The molecule has 2 nitrogen and oxygen atoms in total. The molecule has 0 spiro atoms. The summed E-state index contributed by atoms with van der Waals surface area (Å²) in [5.74, 6) is 0.107. The molecule has 11 heavy (non-hydrogen) atoms. The molecule has 0 radical (unpaired) electrons. The van der Waals surface area contributed by atoms with Crippen molar-refractivity contribution in [3.8, 4) is 0 Å². The van der Waals surface area contributed by atoms with Gasteiger partial charge in [-0.05, 0) is 12.8 Å². The van der Waals surface area contributed by atoms with Gasteiger partial charge in [-0.3, -0.25) is 4.79 Å². The first kappa shape index (κ1) is 8.91. The number of amides is 1. The second kappa shape index (κ2) is 4.65. The summed E-state index contributed by atoms with van der Waals surface area (Å²) in [4.78, 5) is 11.1. The van der Waals surface area contributed by atoms with Crippen molar-refractivity contribution in [1.29, 1.82) is 0 Å². The van der Waals surface area contributed by atoms with Gasteiger partial charge in [-0.2, -0.15) is 12.6 Å². The van der Waals surface area contributed by atoms with Gasteiger partial charge in [0.1, 0.15) is 0 Å². The predicted molar refractivity (Wildman–Crippen MR) is 48.9 cm³/mol. The summed E-state index contributed by atoms with van der Waals surface area (Å²) in [5.41, 5.74) is 0. The van der Waals surface area contributed by atoms with Gasteiger partial charge in [0, 0.05) is 6.54 Å². The minimum atomic E-state index is -0.0758. The lowest BCUT2D eigenvalue weighted by Crippen LogP contribution is -2.31. The Balaban J connectivity index is 2.35. The second-order valence-electron chi connectivity index (χ2n) is 3.01. The van der Waals surface area contributed by atoms with E-state index in [4.69, 9.17) is 0 Å². The molecule has 0 aromatic carbocycles. The van der Waals surface area contributed by atoms with Gasteiger partial charge in [0.25, 0.3) is 0 Å². The van der Waals surface area contributed by atoms with E-state index in [-0.39, 0.29) is 11.2 Å². The zero-order valence-corrected chi connectivity index (χ0v) is 7.57. The van der Waals surface area contributed by atoms with Crippen molar-refractivity contribution in [1.82, 2.24) is 5.32 Å². The number of thiol groups is 1. The lowest BCUT2D eigenvalue weighted by molar-refractivity contribution is -0.120. The van der Waals surface area contributed by atoms with Crippen LogP contribution >= 0.6 is 12.6 Å². The molecule has 1 N–H and O–H groups in total. The van der Waals surface area contributed by atoms with Crippen molar-refractivity contribution in [3.63, 3.8) is 0 Å². The molecule has 0 aromatic heterocycles. The molecule has 1 atom stereocenters. The van der Waals surface area contributed by atoms with Crippen LogP contribution in [-0.2, 0) is 4.79 Å².